The van der Waals surface area contributed by atoms with Crippen LogP contribution in [0.4, 0.5) is 0 Å². The van der Waals surface area contributed by atoms with E-state index in [9.17, 15) is 4.79 Å². The lowest BCUT2D eigenvalue weighted by atomic mass is 9.92. The zero-order valence-electron chi connectivity index (χ0n) is 10.8. The molecule has 0 aliphatic heterocycles. The number of ketones is 1. The maximum Gasteiger partial charge on any atom is 0.158 e. The van der Waals surface area contributed by atoms with Gasteiger partial charge in [-0.2, -0.15) is 0 Å². The first-order valence-corrected chi connectivity index (χ1v) is 6.80. The summed E-state index contributed by atoms with van der Waals surface area (Å²) in [6, 6.07) is 9.97. The van der Waals surface area contributed by atoms with Crippen molar-refractivity contribution in [2.24, 2.45) is 5.73 Å². The Balaban J connectivity index is 1.84. The lowest BCUT2D eigenvalue weighted by Gasteiger charge is -2.14. The monoisotopic (exact) mass is 243 g/mol. The predicted molar refractivity (Wildman–Crippen MR) is 74.2 cm³/mol. The summed E-state index contributed by atoms with van der Waals surface area (Å²) < 4.78 is 0. The minimum atomic E-state index is -0.0284. The molecular weight excluding hydrogens is 222 g/mol. The lowest BCUT2D eigenvalue weighted by molar-refractivity contribution is -0.116. The second-order valence-corrected chi connectivity index (χ2v) is 4.95. The number of rotatable bonds is 5. The van der Waals surface area contributed by atoms with E-state index in [1.807, 2.05) is 30.3 Å². The topological polar surface area (TPSA) is 43.1 Å². The highest BCUT2D eigenvalue weighted by atomic mass is 16.1. The molecule has 0 heterocycles. The fourth-order valence-corrected chi connectivity index (χ4v) is 2.41. The van der Waals surface area contributed by atoms with E-state index in [0.717, 1.165) is 36.8 Å². The highest BCUT2D eigenvalue weighted by molar-refractivity contribution is 5.95. The Kier molecular flexibility index (Phi) is 4.71. The normalized spacial score (nSPS) is 17.1. The van der Waals surface area contributed by atoms with Crippen LogP contribution in [-0.4, -0.2) is 5.78 Å². The molecule has 0 fully saturated rings. The maximum absolute atomic E-state index is 12.0. The second-order valence-electron chi connectivity index (χ2n) is 4.95. The van der Waals surface area contributed by atoms with Crippen molar-refractivity contribution >= 4 is 5.78 Å². The van der Waals surface area contributed by atoms with E-state index in [1.54, 1.807) is 0 Å². The number of allylic oxidation sites excluding steroid dienone is 2. The van der Waals surface area contributed by atoms with E-state index >= 15 is 0 Å². The average Bonchev–Trinajstić information content (AvgIpc) is 2.46. The van der Waals surface area contributed by atoms with Gasteiger partial charge in [-0.25, -0.2) is 0 Å². The third kappa shape index (κ3) is 3.54. The smallest absolute Gasteiger partial charge is 0.158 e. The molecule has 0 saturated carbocycles. The summed E-state index contributed by atoms with van der Waals surface area (Å²) in [5.41, 5.74) is 8.24. The van der Waals surface area contributed by atoms with Gasteiger partial charge in [-0.1, -0.05) is 36.4 Å². The van der Waals surface area contributed by atoms with Crippen molar-refractivity contribution in [3.05, 3.63) is 47.5 Å². The van der Waals surface area contributed by atoms with Gasteiger partial charge in [0.25, 0.3) is 0 Å². The number of nitrogens with two attached hydrogens (primary N) is 1. The second kappa shape index (κ2) is 6.50. The van der Waals surface area contributed by atoms with Crippen LogP contribution in [0.25, 0.3) is 0 Å². The van der Waals surface area contributed by atoms with Gasteiger partial charge in [0.15, 0.2) is 5.78 Å². The van der Waals surface area contributed by atoms with Gasteiger partial charge in [0.05, 0.1) is 0 Å². The maximum atomic E-state index is 12.0. The quantitative estimate of drug-likeness (QED) is 0.859. The summed E-state index contributed by atoms with van der Waals surface area (Å²) in [7, 11) is 0. The SMILES string of the molecule is NC(CCC(=O)C1=CCCCC1)c1ccccc1. The molecular formula is C16H21NO. The molecule has 2 nitrogen and oxygen atoms in total. The van der Waals surface area contributed by atoms with Crippen molar-refractivity contribution < 1.29 is 4.79 Å². The minimum absolute atomic E-state index is 0.0284. The number of carbonyl (C=O) groups excluding carboxylic acids is 1. The van der Waals surface area contributed by atoms with Gasteiger partial charge in [0.2, 0.25) is 0 Å². The molecule has 1 aliphatic carbocycles. The van der Waals surface area contributed by atoms with Crippen molar-refractivity contribution in [1.29, 1.82) is 0 Å². The predicted octanol–water partition coefficient (Wildman–Crippen LogP) is 3.54. The van der Waals surface area contributed by atoms with Gasteiger partial charge >= 0.3 is 0 Å². The van der Waals surface area contributed by atoms with Crippen LogP contribution in [0.1, 0.15) is 50.1 Å². The molecule has 2 N–H and O–H groups in total. The minimum Gasteiger partial charge on any atom is -0.324 e. The summed E-state index contributed by atoms with van der Waals surface area (Å²) in [5, 5.41) is 0. The molecule has 2 heteroatoms. The number of hydrogen-bond donors (Lipinski definition) is 1. The van der Waals surface area contributed by atoms with Gasteiger partial charge in [0, 0.05) is 12.5 Å². The van der Waals surface area contributed by atoms with E-state index in [-0.39, 0.29) is 6.04 Å². The van der Waals surface area contributed by atoms with Gasteiger partial charge in [-0.3, -0.25) is 4.79 Å². The third-order valence-corrected chi connectivity index (χ3v) is 3.56. The van der Waals surface area contributed by atoms with Crippen LogP contribution in [0.15, 0.2) is 42.0 Å². The van der Waals surface area contributed by atoms with E-state index in [0.29, 0.717) is 12.2 Å². The van der Waals surface area contributed by atoms with E-state index in [2.05, 4.69) is 6.08 Å². The van der Waals surface area contributed by atoms with Crippen LogP contribution >= 0.6 is 0 Å². The van der Waals surface area contributed by atoms with Crippen molar-refractivity contribution in [3.8, 4) is 0 Å². The standard InChI is InChI=1S/C16H21NO/c17-15(13-7-3-1-4-8-13)11-12-16(18)14-9-5-2-6-10-14/h1,3-4,7-9,15H,2,5-6,10-12,17H2. The van der Waals surface area contributed by atoms with Gasteiger partial charge < -0.3 is 5.73 Å². The highest BCUT2D eigenvalue weighted by Crippen LogP contribution is 2.22. The molecule has 0 radical (unpaired) electrons. The van der Waals surface area contributed by atoms with Crippen molar-refractivity contribution in [1.82, 2.24) is 0 Å². The molecule has 96 valence electrons. The van der Waals surface area contributed by atoms with Crippen molar-refractivity contribution in [3.63, 3.8) is 0 Å². The third-order valence-electron chi connectivity index (χ3n) is 3.56. The van der Waals surface area contributed by atoms with Gasteiger partial charge in [-0.15, -0.1) is 0 Å². The molecule has 1 aromatic rings. The van der Waals surface area contributed by atoms with Crippen LogP contribution in [-0.2, 0) is 4.79 Å². The Morgan fingerprint density at radius 2 is 2.00 bits per heavy atom. The summed E-state index contributed by atoms with van der Waals surface area (Å²) in [6.45, 7) is 0. The number of hydrogen-bond acceptors (Lipinski definition) is 2. The molecule has 18 heavy (non-hydrogen) atoms. The molecule has 0 saturated heterocycles. The van der Waals surface area contributed by atoms with Crippen molar-refractivity contribution in [2.45, 2.75) is 44.6 Å². The largest absolute Gasteiger partial charge is 0.324 e. The Morgan fingerprint density at radius 3 is 2.67 bits per heavy atom. The molecule has 1 aromatic carbocycles. The first-order chi connectivity index (χ1) is 8.77. The Morgan fingerprint density at radius 1 is 1.22 bits per heavy atom. The van der Waals surface area contributed by atoms with E-state index < -0.39 is 0 Å². The van der Waals surface area contributed by atoms with Gasteiger partial charge in [0.1, 0.15) is 0 Å². The fraction of sp³-hybridized carbons (Fsp3) is 0.438. The summed E-state index contributed by atoms with van der Waals surface area (Å²) in [6.07, 6.45) is 7.82. The van der Waals surface area contributed by atoms with Gasteiger partial charge in [-0.05, 0) is 43.2 Å². The molecule has 0 amide bonds. The Bertz CT molecular complexity index is 422. The molecule has 1 aliphatic rings. The molecule has 2 rings (SSSR count). The van der Waals surface area contributed by atoms with E-state index in [1.165, 1.54) is 6.42 Å². The summed E-state index contributed by atoms with van der Waals surface area (Å²) in [5.74, 6) is 0.293. The summed E-state index contributed by atoms with van der Waals surface area (Å²) >= 11 is 0. The van der Waals surface area contributed by atoms with Crippen LogP contribution in [0, 0.1) is 0 Å². The molecule has 1 unspecified atom stereocenters. The molecule has 1 atom stereocenters. The first-order valence-electron chi connectivity index (χ1n) is 6.80. The van der Waals surface area contributed by atoms with Crippen LogP contribution in [0.5, 0.6) is 0 Å². The first kappa shape index (κ1) is 13.0. The number of benzene rings is 1. The molecule has 0 bridgehead atoms. The van der Waals surface area contributed by atoms with Crippen molar-refractivity contribution in [2.75, 3.05) is 0 Å². The molecule has 0 aromatic heterocycles. The lowest BCUT2D eigenvalue weighted by Crippen LogP contribution is -2.13. The average molecular weight is 243 g/mol. The van der Waals surface area contributed by atoms with Crippen LogP contribution < -0.4 is 5.73 Å². The summed E-state index contributed by atoms with van der Waals surface area (Å²) in [4.78, 5) is 12.0. The Labute approximate surface area is 109 Å². The number of carbonyl (C=O) groups is 1. The van der Waals surface area contributed by atoms with Crippen LogP contribution in [0.3, 0.4) is 0 Å². The Hall–Kier alpha value is -1.41. The molecule has 0 spiro atoms. The highest BCUT2D eigenvalue weighted by Gasteiger charge is 2.14. The zero-order valence-corrected chi connectivity index (χ0v) is 10.8. The zero-order chi connectivity index (χ0) is 12.8. The van der Waals surface area contributed by atoms with E-state index in [4.69, 9.17) is 5.73 Å². The van der Waals surface area contributed by atoms with Crippen LogP contribution in [0.2, 0.25) is 0 Å². The fourth-order valence-electron chi connectivity index (χ4n) is 2.41. The number of Topliss-reactive ketones (excluding diaryl/α,β-unsaturated/α-hetero) is 1.